The van der Waals surface area contributed by atoms with Crippen molar-refractivity contribution < 1.29 is 24.5 Å². The van der Waals surface area contributed by atoms with Crippen LogP contribution in [0.15, 0.2) is 175 Å². The predicted molar refractivity (Wildman–Crippen MR) is 290 cm³/mol. The number of rotatable bonds is 8. The van der Waals surface area contributed by atoms with Crippen molar-refractivity contribution in [3.05, 3.63) is 193 Å². The first kappa shape index (κ1) is 51.6. The van der Waals surface area contributed by atoms with E-state index in [-0.39, 0.29) is 20.1 Å². The predicted octanol–water partition coefficient (Wildman–Crippen LogP) is 17.0. The smallest absolute Gasteiger partial charge is 0.144 e. The van der Waals surface area contributed by atoms with Crippen LogP contribution < -0.4 is 5.19 Å². The monoisotopic (exact) mass is 1090 g/mol. The van der Waals surface area contributed by atoms with Gasteiger partial charge in [-0.05, 0) is 111 Å². The second-order valence-electron chi connectivity index (χ2n) is 21.6. The van der Waals surface area contributed by atoms with Crippen LogP contribution >= 0.6 is 0 Å². The molecule has 0 atom stereocenters. The largest absolute Gasteiger partial charge is 0.455 e. The fourth-order valence-corrected chi connectivity index (χ4v) is 10.4. The Bertz CT molecular complexity index is 3050. The molecule has 9 rings (SSSR count). The molecule has 0 N–H and O–H groups in total. The van der Waals surface area contributed by atoms with Gasteiger partial charge in [-0.15, -0.1) is 0 Å². The van der Waals surface area contributed by atoms with E-state index < -0.39 is 8.07 Å². The summed E-state index contributed by atoms with van der Waals surface area (Å²) in [5.74, 6) is 0.455. The van der Waals surface area contributed by atoms with Gasteiger partial charge in [0.1, 0.15) is 11.2 Å². The Morgan fingerprint density at radius 1 is 0.544 bits per heavy atom. The quantitative estimate of drug-likeness (QED) is 0.142. The van der Waals surface area contributed by atoms with E-state index in [1.54, 1.807) is 0 Å². The molecule has 5 aromatic carbocycles. The van der Waals surface area contributed by atoms with E-state index in [1.807, 2.05) is 42.7 Å². The number of fused-ring (bicyclic) bond motifs is 3. The van der Waals surface area contributed by atoms with E-state index in [1.165, 1.54) is 49.7 Å². The first-order valence-electron chi connectivity index (χ1n) is 23.9. The van der Waals surface area contributed by atoms with Crippen LogP contribution in [-0.2, 0) is 32.9 Å². The molecule has 0 aliphatic rings. The van der Waals surface area contributed by atoms with Gasteiger partial charge >= 0.3 is 0 Å². The molecule has 9 aromatic rings. The van der Waals surface area contributed by atoms with Crippen molar-refractivity contribution >= 4 is 35.2 Å². The number of aryl methyl sites for hydroxylation is 1. The minimum Gasteiger partial charge on any atom is -0.455 e. The summed E-state index contributed by atoms with van der Waals surface area (Å²) in [4.78, 5) is 13.9. The first-order valence-corrected chi connectivity index (χ1v) is 27.4. The zero-order valence-electron chi connectivity index (χ0n) is 42.2. The SMILES string of the molecule is CC(C)(C)Cc1cc(-c2ccccc2)ncc1[Si](C)(C)C.CC(C)(C)Cc1ccnc(-c2ccccc2)c1.Cc1cnc(-c2cccc3c2oc2cccc(-c4ccccc4)c23)cc1C(C)C.[Ir]. The topological polar surface area (TPSA) is 51.8 Å². The molecule has 68 heavy (non-hydrogen) atoms. The molecule has 0 fully saturated rings. The number of hydrogen-bond acceptors (Lipinski definition) is 4. The van der Waals surface area contributed by atoms with Crippen molar-refractivity contribution in [1.29, 1.82) is 0 Å². The number of para-hydroxylation sites is 1. The molecule has 0 bridgehead atoms. The molecule has 1 radical (unpaired) electrons. The summed E-state index contributed by atoms with van der Waals surface area (Å²) >= 11 is 0. The third kappa shape index (κ3) is 13.3. The molecule has 351 valence electrons. The zero-order valence-corrected chi connectivity index (χ0v) is 45.6. The van der Waals surface area contributed by atoms with Gasteiger partial charge in [0.25, 0.3) is 0 Å². The number of benzene rings is 5. The minimum atomic E-state index is -1.36. The van der Waals surface area contributed by atoms with E-state index in [0.717, 1.165) is 57.4 Å². The van der Waals surface area contributed by atoms with E-state index in [4.69, 9.17) is 14.4 Å². The average molecular weight is 1090 g/mol. The Morgan fingerprint density at radius 3 is 1.66 bits per heavy atom. The van der Waals surface area contributed by atoms with Crippen LogP contribution in [0.2, 0.25) is 19.6 Å². The zero-order chi connectivity index (χ0) is 47.9. The van der Waals surface area contributed by atoms with Crippen molar-refractivity contribution in [2.45, 2.75) is 101 Å². The van der Waals surface area contributed by atoms with Crippen LogP contribution in [0.1, 0.15) is 83.6 Å². The third-order valence-corrected chi connectivity index (χ3v) is 13.9. The summed E-state index contributed by atoms with van der Waals surface area (Å²) in [6.45, 7) is 27.5. The Hall–Kier alpha value is -5.78. The fourth-order valence-electron chi connectivity index (χ4n) is 8.84. The Kier molecular flexibility index (Phi) is 16.8. The number of aromatic nitrogens is 3. The first-order chi connectivity index (χ1) is 31.8. The van der Waals surface area contributed by atoms with E-state index >= 15 is 0 Å². The maximum atomic E-state index is 6.39. The number of hydrogen-bond donors (Lipinski definition) is 0. The van der Waals surface area contributed by atoms with Crippen LogP contribution in [0.4, 0.5) is 0 Å². The van der Waals surface area contributed by atoms with Gasteiger partial charge in [-0.3, -0.25) is 15.0 Å². The van der Waals surface area contributed by atoms with Crippen molar-refractivity contribution in [2.75, 3.05) is 0 Å². The van der Waals surface area contributed by atoms with Crippen molar-refractivity contribution in [2.24, 2.45) is 10.8 Å². The maximum Gasteiger partial charge on any atom is 0.144 e. The van der Waals surface area contributed by atoms with Gasteiger partial charge in [0.2, 0.25) is 0 Å². The second kappa shape index (κ2) is 22.1. The summed E-state index contributed by atoms with van der Waals surface area (Å²) < 4.78 is 6.39. The van der Waals surface area contributed by atoms with Gasteiger partial charge in [-0.1, -0.05) is 190 Å². The minimum absolute atomic E-state index is 0. The standard InChI is InChI=1S/C27H23NO.C19H27NSi.C16H19N.Ir/c1-17(2)23-15-24(28-16-18(23)3)21-12-7-13-22-26-20(19-9-5-4-6-10-19)11-8-14-25(26)29-27(21)22;1-19(2,3)13-16-12-17(15-10-8-7-9-11-15)20-14-18(16)21(4,5)6;1-16(2,3)12-13-9-10-17-15(11-13)14-7-5-4-6-8-14;/h4-17H,1-3H3;7-12,14H,13H2,1-6H3;4-11H,12H2,1-3H3;. The molecule has 0 aliphatic heterocycles. The average Bonchev–Trinajstić information content (AvgIpc) is 3.69. The van der Waals surface area contributed by atoms with Crippen molar-refractivity contribution in [3.63, 3.8) is 0 Å². The molecular weight excluding hydrogens is 1020 g/mol. The van der Waals surface area contributed by atoms with Crippen molar-refractivity contribution in [3.8, 4) is 44.9 Å². The van der Waals surface area contributed by atoms with Gasteiger partial charge in [-0.2, -0.15) is 0 Å². The Labute approximate surface area is 421 Å². The summed E-state index contributed by atoms with van der Waals surface area (Å²) in [5, 5.41) is 3.79. The molecule has 0 unspecified atom stereocenters. The second-order valence-corrected chi connectivity index (χ2v) is 26.7. The van der Waals surface area contributed by atoms with Gasteiger partial charge in [-0.25, -0.2) is 0 Å². The van der Waals surface area contributed by atoms with Crippen LogP contribution in [-0.4, -0.2) is 23.0 Å². The molecule has 0 saturated heterocycles. The number of nitrogens with zero attached hydrogens (tertiary/aromatic N) is 3. The summed E-state index contributed by atoms with van der Waals surface area (Å²) in [5.41, 5.74) is 16.7. The summed E-state index contributed by atoms with van der Waals surface area (Å²) in [6, 6.07) is 52.8. The van der Waals surface area contributed by atoms with Gasteiger partial charge in [0.05, 0.1) is 25.2 Å². The van der Waals surface area contributed by atoms with Crippen LogP contribution in [0, 0.1) is 17.8 Å². The summed E-state index contributed by atoms with van der Waals surface area (Å²) in [7, 11) is -1.36. The molecule has 0 amide bonds. The number of pyridine rings is 3. The van der Waals surface area contributed by atoms with Crippen molar-refractivity contribution in [1.82, 2.24) is 15.0 Å². The number of furan rings is 1. The fraction of sp³-hybridized carbons (Fsp3) is 0.274. The Balaban J connectivity index is 0.000000174. The summed E-state index contributed by atoms with van der Waals surface area (Å²) in [6.07, 6.45) is 8.20. The molecule has 0 saturated carbocycles. The molecule has 6 heteroatoms. The molecule has 4 heterocycles. The van der Waals surface area contributed by atoms with Gasteiger partial charge in [0.15, 0.2) is 0 Å². The van der Waals surface area contributed by atoms with E-state index in [0.29, 0.717) is 16.7 Å². The van der Waals surface area contributed by atoms with Gasteiger partial charge < -0.3 is 4.42 Å². The molecule has 4 nitrogen and oxygen atoms in total. The molecular formula is C62H69IrN3OSi. The maximum absolute atomic E-state index is 6.39. The van der Waals surface area contributed by atoms with Crippen LogP contribution in [0.5, 0.6) is 0 Å². The molecule has 0 spiro atoms. The van der Waals surface area contributed by atoms with E-state index in [2.05, 4.69) is 214 Å². The Morgan fingerprint density at radius 2 is 1.09 bits per heavy atom. The van der Waals surface area contributed by atoms with Crippen LogP contribution in [0.3, 0.4) is 0 Å². The molecule has 0 aliphatic carbocycles. The van der Waals surface area contributed by atoms with E-state index in [9.17, 15) is 0 Å². The third-order valence-electron chi connectivity index (χ3n) is 11.9. The normalized spacial score (nSPS) is 11.7. The molecule has 4 aromatic heterocycles. The van der Waals surface area contributed by atoms with Crippen LogP contribution in [0.25, 0.3) is 66.8 Å². The van der Waals surface area contributed by atoms with Gasteiger partial charge in [0, 0.05) is 66.2 Å².